The summed E-state index contributed by atoms with van der Waals surface area (Å²) in [6.45, 7) is 3.20. The van der Waals surface area contributed by atoms with Crippen molar-refractivity contribution < 1.29 is 23.9 Å². The lowest BCUT2D eigenvalue weighted by atomic mass is 9.87. The quantitative estimate of drug-likeness (QED) is 0.540. The molecule has 0 aliphatic carbocycles. The number of benzene rings is 2. The number of carbonyl (C=O) groups is 4. The minimum absolute atomic E-state index is 0.192. The molecular weight excluding hydrogens is 386 g/mol. The van der Waals surface area contributed by atoms with E-state index in [0.717, 1.165) is 4.90 Å². The molecule has 1 saturated heterocycles. The smallest absolute Gasteiger partial charge is 0.340 e. The highest BCUT2D eigenvalue weighted by Crippen LogP contribution is 2.32. The Morgan fingerprint density at radius 1 is 1.03 bits per heavy atom. The highest BCUT2D eigenvalue weighted by Gasteiger charge is 2.51. The molecule has 30 heavy (non-hydrogen) atoms. The predicted molar refractivity (Wildman–Crippen MR) is 110 cm³/mol. The summed E-state index contributed by atoms with van der Waals surface area (Å²) in [5, 5.41) is 5.32. The van der Waals surface area contributed by atoms with Crippen molar-refractivity contribution in [3.05, 3.63) is 65.7 Å². The van der Waals surface area contributed by atoms with Crippen molar-refractivity contribution in [2.24, 2.45) is 0 Å². The third-order valence-corrected chi connectivity index (χ3v) is 4.97. The van der Waals surface area contributed by atoms with E-state index in [1.165, 1.54) is 6.07 Å². The number of esters is 1. The molecule has 1 aliphatic rings. The normalized spacial score (nSPS) is 18.1. The molecule has 0 saturated carbocycles. The fourth-order valence-electron chi connectivity index (χ4n) is 3.44. The minimum atomic E-state index is -1.21. The van der Waals surface area contributed by atoms with Gasteiger partial charge in [-0.3, -0.25) is 14.5 Å². The fourth-order valence-corrected chi connectivity index (χ4v) is 3.44. The maximum atomic E-state index is 13.1. The number of anilines is 1. The maximum Gasteiger partial charge on any atom is 0.340 e. The Bertz CT molecular complexity index is 976. The first kappa shape index (κ1) is 21.0. The molecular formula is C22H23N3O5. The first-order valence-electron chi connectivity index (χ1n) is 9.68. The number of nitrogens with one attached hydrogen (secondary N) is 2. The van der Waals surface area contributed by atoms with Crippen LogP contribution in [0.5, 0.6) is 0 Å². The van der Waals surface area contributed by atoms with Crippen molar-refractivity contribution in [1.29, 1.82) is 0 Å². The van der Waals surface area contributed by atoms with E-state index in [0.29, 0.717) is 12.0 Å². The van der Waals surface area contributed by atoms with Crippen molar-refractivity contribution in [2.45, 2.75) is 25.8 Å². The third kappa shape index (κ3) is 3.89. The molecule has 0 bridgehead atoms. The first-order valence-corrected chi connectivity index (χ1v) is 9.68. The van der Waals surface area contributed by atoms with Crippen LogP contribution in [0.2, 0.25) is 0 Å². The standard InChI is InChI=1S/C22H23N3O5/c1-3-22(15-10-6-5-7-11-15)20(28)25(21(29)24-22)14-18(26)23-17-13-9-8-12-16(17)19(27)30-4-2/h5-13H,3-4,14H2,1-2H3,(H,23,26)(H,24,29)/t22-/m0/s1. The van der Waals surface area contributed by atoms with Gasteiger partial charge in [0.05, 0.1) is 17.9 Å². The van der Waals surface area contributed by atoms with Gasteiger partial charge in [0.2, 0.25) is 5.91 Å². The zero-order valence-corrected chi connectivity index (χ0v) is 16.8. The minimum Gasteiger partial charge on any atom is -0.462 e. The van der Waals surface area contributed by atoms with E-state index in [1.807, 2.05) is 6.07 Å². The predicted octanol–water partition coefficient (Wildman–Crippen LogP) is 2.66. The topological polar surface area (TPSA) is 105 Å². The van der Waals surface area contributed by atoms with Gasteiger partial charge >= 0.3 is 12.0 Å². The second-order valence-electron chi connectivity index (χ2n) is 6.76. The Labute approximate surface area is 174 Å². The van der Waals surface area contributed by atoms with Crippen LogP contribution >= 0.6 is 0 Å². The van der Waals surface area contributed by atoms with Crippen LogP contribution in [-0.4, -0.2) is 41.9 Å². The van der Waals surface area contributed by atoms with Crippen molar-refractivity contribution in [3.63, 3.8) is 0 Å². The number of nitrogens with zero attached hydrogens (tertiary/aromatic N) is 1. The molecule has 3 rings (SSSR count). The van der Waals surface area contributed by atoms with Crippen LogP contribution in [0.4, 0.5) is 10.5 Å². The summed E-state index contributed by atoms with van der Waals surface area (Å²) in [7, 11) is 0. The number of hydrogen-bond donors (Lipinski definition) is 2. The van der Waals surface area contributed by atoms with E-state index in [9.17, 15) is 19.2 Å². The van der Waals surface area contributed by atoms with Gasteiger partial charge in [0, 0.05) is 0 Å². The largest absolute Gasteiger partial charge is 0.462 e. The molecule has 0 spiro atoms. The number of para-hydroxylation sites is 1. The van der Waals surface area contributed by atoms with Gasteiger partial charge in [-0.15, -0.1) is 0 Å². The van der Waals surface area contributed by atoms with E-state index in [-0.39, 0.29) is 17.9 Å². The van der Waals surface area contributed by atoms with Crippen LogP contribution in [0.15, 0.2) is 54.6 Å². The van der Waals surface area contributed by atoms with Crippen molar-refractivity contribution in [2.75, 3.05) is 18.5 Å². The monoisotopic (exact) mass is 409 g/mol. The zero-order valence-electron chi connectivity index (χ0n) is 16.8. The molecule has 4 amide bonds. The molecule has 8 nitrogen and oxygen atoms in total. The number of ether oxygens (including phenoxy) is 1. The lowest BCUT2D eigenvalue weighted by Crippen LogP contribution is -2.44. The van der Waals surface area contributed by atoms with Gasteiger partial charge in [-0.25, -0.2) is 9.59 Å². The summed E-state index contributed by atoms with van der Waals surface area (Å²) in [5.41, 5.74) is -0.113. The Kier molecular flexibility index (Phi) is 6.15. The van der Waals surface area contributed by atoms with Gasteiger partial charge in [-0.05, 0) is 31.0 Å². The van der Waals surface area contributed by atoms with Gasteiger partial charge in [-0.1, -0.05) is 49.4 Å². The Balaban J connectivity index is 1.78. The molecule has 2 aromatic carbocycles. The Morgan fingerprint density at radius 3 is 2.37 bits per heavy atom. The second-order valence-corrected chi connectivity index (χ2v) is 6.76. The SMILES string of the molecule is CCOC(=O)c1ccccc1NC(=O)CN1C(=O)N[C@@](CC)(c2ccccc2)C1=O. The summed E-state index contributed by atoms with van der Waals surface area (Å²) in [6.07, 6.45) is 0.339. The van der Waals surface area contributed by atoms with Gasteiger partial charge < -0.3 is 15.4 Å². The number of rotatable bonds is 7. The molecule has 1 fully saturated rings. The zero-order chi connectivity index (χ0) is 21.7. The van der Waals surface area contributed by atoms with Gasteiger partial charge in [-0.2, -0.15) is 0 Å². The molecule has 0 aromatic heterocycles. The fraction of sp³-hybridized carbons (Fsp3) is 0.273. The van der Waals surface area contributed by atoms with Crippen LogP contribution in [0.25, 0.3) is 0 Å². The van der Waals surface area contributed by atoms with Crippen LogP contribution in [-0.2, 0) is 19.9 Å². The van der Waals surface area contributed by atoms with E-state index in [2.05, 4.69) is 10.6 Å². The molecule has 156 valence electrons. The average Bonchev–Trinajstić information content (AvgIpc) is 3.00. The van der Waals surface area contributed by atoms with Crippen molar-refractivity contribution >= 4 is 29.5 Å². The van der Waals surface area contributed by atoms with E-state index in [4.69, 9.17) is 4.74 Å². The molecule has 1 aliphatic heterocycles. The molecule has 2 aromatic rings. The summed E-state index contributed by atoms with van der Waals surface area (Å²) in [5.74, 6) is -1.66. The lowest BCUT2D eigenvalue weighted by Gasteiger charge is -2.25. The summed E-state index contributed by atoms with van der Waals surface area (Å²) in [6, 6.07) is 14.7. The number of imide groups is 1. The number of hydrogen-bond acceptors (Lipinski definition) is 5. The number of urea groups is 1. The second kappa shape index (κ2) is 8.77. The number of amides is 4. The maximum absolute atomic E-state index is 13.1. The molecule has 8 heteroatoms. The highest BCUT2D eigenvalue weighted by atomic mass is 16.5. The number of carbonyl (C=O) groups excluding carboxylic acids is 4. The Morgan fingerprint density at radius 2 is 1.70 bits per heavy atom. The van der Waals surface area contributed by atoms with Crippen molar-refractivity contribution in [1.82, 2.24) is 10.2 Å². The van der Waals surface area contributed by atoms with Crippen LogP contribution in [0.3, 0.4) is 0 Å². The molecule has 0 unspecified atom stereocenters. The summed E-state index contributed by atoms with van der Waals surface area (Å²) >= 11 is 0. The van der Waals surface area contributed by atoms with Gasteiger partial charge in [0.1, 0.15) is 12.1 Å². The third-order valence-electron chi connectivity index (χ3n) is 4.97. The van der Waals surface area contributed by atoms with E-state index < -0.39 is 35.9 Å². The van der Waals surface area contributed by atoms with Crippen LogP contribution in [0.1, 0.15) is 36.2 Å². The van der Waals surface area contributed by atoms with Crippen LogP contribution in [0, 0.1) is 0 Å². The first-order chi connectivity index (χ1) is 14.4. The van der Waals surface area contributed by atoms with E-state index >= 15 is 0 Å². The molecule has 0 radical (unpaired) electrons. The lowest BCUT2D eigenvalue weighted by molar-refractivity contribution is -0.134. The van der Waals surface area contributed by atoms with Crippen LogP contribution < -0.4 is 10.6 Å². The van der Waals surface area contributed by atoms with Gasteiger partial charge in [0.25, 0.3) is 5.91 Å². The summed E-state index contributed by atoms with van der Waals surface area (Å²) < 4.78 is 4.99. The molecule has 1 heterocycles. The highest BCUT2D eigenvalue weighted by molar-refractivity contribution is 6.11. The van der Waals surface area contributed by atoms with Gasteiger partial charge in [0.15, 0.2) is 0 Å². The average molecular weight is 409 g/mol. The summed E-state index contributed by atoms with van der Waals surface area (Å²) in [4.78, 5) is 51.2. The molecule has 2 N–H and O–H groups in total. The van der Waals surface area contributed by atoms with E-state index in [1.54, 1.807) is 56.3 Å². The van der Waals surface area contributed by atoms with Crippen molar-refractivity contribution in [3.8, 4) is 0 Å². The molecule has 1 atom stereocenters. The Hall–Kier alpha value is -3.68.